The molecule has 0 fully saturated rings. The Morgan fingerprint density at radius 3 is 0.487 bits per heavy atom. The van der Waals surface area contributed by atoms with Crippen molar-refractivity contribution in [3.8, 4) is 0 Å². The summed E-state index contributed by atoms with van der Waals surface area (Å²) in [4.78, 5) is 91.5. The molecular formula is C99H196N8O6. The van der Waals surface area contributed by atoms with E-state index in [-0.39, 0.29) is 23.6 Å². The fourth-order valence-electron chi connectivity index (χ4n) is 16.0. The number of amides is 4. The van der Waals surface area contributed by atoms with E-state index in [2.05, 4.69) is 82.4 Å². The van der Waals surface area contributed by atoms with E-state index in [1.807, 2.05) is 0 Å². The van der Waals surface area contributed by atoms with Crippen molar-refractivity contribution in [3.63, 3.8) is 0 Å². The van der Waals surface area contributed by atoms with Gasteiger partial charge in [-0.05, 0) is 58.0 Å². The van der Waals surface area contributed by atoms with Crippen molar-refractivity contribution in [2.75, 3.05) is 105 Å². The Labute approximate surface area is 703 Å². The van der Waals surface area contributed by atoms with Crippen LogP contribution in [0.4, 0.5) is 0 Å². The van der Waals surface area contributed by atoms with E-state index < -0.39 is 0 Å². The van der Waals surface area contributed by atoms with Crippen molar-refractivity contribution in [2.45, 2.75) is 497 Å². The summed E-state index contributed by atoms with van der Waals surface area (Å²) in [6, 6.07) is 0. The zero-order valence-corrected chi connectivity index (χ0v) is 76.8. The van der Waals surface area contributed by atoms with Crippen molar-refractivity contribution < 1.29 is 28.8 Å². The number of hydrogen-bond donors (Lipinski definition) is 4. The smallest absolute Gasteiger partial charge is 0.221 e. The van der Waals surface area contributed by atoms with Gasteiger partial charge in [0.15, 0.2) is 0 Å². The van der Waals surface area contributed by atoms with Crippen molar-refractivity contribution in [3.05, 3.63) is 0 Å². The van der Waals surface area contributed by atoms with E-state index in [0.29, 0.717) is 155 Å². The van der Waals surface area contributed by atoms with Gasteiger partial charge in [-0.2, -0.15) is 0 Å². The number of nitrogens with zero attached hydrogens (tertiary/aromatic N) is 4. The maximum Gasteiger partial charge on any atom is 0.221 e. The molecule has 0 aliphatic heterocycles. The molecule has 0 saturated carbocycles. The Morgan fingerprint density at radius 1 is 0.150 bits per heavy atom. The van der Waals surface area contributed by atoms with Gasteiger partial charge in [-0.3, -0.25) is 28.8 Å². The zero-order chi connectivity index (χ0) is 82.1. The first kappa shape index (κ1) is 110. The molecule has 0 radical (unpaired) electrons. The van der Waals surface area contributed by atoms with Crippen LogP contribution in [0, 0.1) is 0 Å². The van der Waals surface area contributed by atoms with E-state index in [0.717, 1.165) is 96.6 Å². The summed E-state index contributed by atoms with van der Waals surface area (Å²) in [5, 5.41) is 13.0. The molecule has 0 aromatic rings. The van der Waals surface area contributed by atoms with Gasteiger partial charge in [-0.25, -0.2) is 0 Å². The van der Waals surface area contributed by atoms with Gasteiger partial charge in [0.05, 0.1) is 0 Å². The highest BCUT2D eigenvalue weighted by Gasteiger charge is 2.19. The number of Topliss-reactive ketones (excluding diaryl/α,β-unsaturated/α-hetero) is 2. The standard InChI is InChI=1S/C99H196N8O6/c1-7-13-19-25-31-37-43-45-51-57-63-70-94(108)72-84-106(88-76-98(112)102-80-67-61-55-49-41-35-29-23-17-11-5)92-90-104(86-74-96(110)100-78-65-59-53-47-39-33-27-21-15-9-3)82-69-83-105(87-75-97(111)101-79-66-60-54-48-40-34-28-22-16-10-4)91-93-107(85-73-95(109)71-64-58-52-46-44-38-32-26-20-14-8-2)89-77-99(113)103-81-68-62-56-50-42-36-30-24-18-12-6/h7-93H2,1-6H3,(H,100,110)(H,101,111)(H,102,112)(H,103,113). The zero-order valence-electron chi connectivity index (χ0n) is 76.8. The fraction of sp³-hybridized carbons (Fsp3) is 0.939. The predicted molar refractivity (Wildman–Crippen MR) is 490 cm³/mol. The normalized spacial score (nSPS) is 11.7. The van der Waals surface area contributed by atoms with Crippen LogP contribution in [0.1, 0.15) is 497 Å². The van der Waals surface area contributed by atoms with Gasteiger partial charge >= 0.3 is 0 Å². The molecule has 113 heavy (non-hydrogen) atoms. The summed E-state index contributed by atoms with van der Waals surface area (Å²) < 4.78 is 0. The second kappa shape index (κ2) is 91.4. The van der Waals surface area contributed by atoms with Crippen molar-refractivity contribution in [1.29, 1.82) is 0 Å². The summed E-state index contributed by atoms with van der Waals surface area (Å²) >= 11 is 0. The van der Waals surface area contributed by atoms with Crippen LogP contribution in [0.3, 0.4) is 0 Å². The number of unbranched alkanes of at least 4 members (excludes halogenated alkanes) is 56. The highest BCUT2D eigenvalue weighted by Crippen LogP contribution is 2.19. The molecule has 0 aliphatic rings. The molecule has 0 unspecified atom stereocenters. The van der Waals surface area contributed by atoms with Crippen LogP contribution in [0.25, 0.3) is 0 Å². The lowest BCUT2D eigenvalue weighted by molar-refractivity contribution is -0.122. The molecule has 0 heterocycles. The van der Waals surface area contributed by atoms with Gasteiger partial charge in [0, 0.05) is 143 Å². The van der Waals surface area contributed by atoms with E-state index in [4.69, 9.17) is 0 Å². The highest BCUT2D eigenvalue weighted by atomic mass is 16.2. The molecule has 0 spiro atoms. The SMILES string of the molecule is CCCCCCCCCCCCCC(=O)CCN(CCC(=O)NCCCCCCCCCCCC)CCN(CCCN(CCC(=O)NCCCCCCCCCCCC)CCN(CCC(=O)CCCCCCCCCCCCC)CCC(=O)NCCCCCCCCCCCC)CCC(=O)NCCCCCCCCCCCC. The van der Waals surface area contributed by atoms with Gasteiger partial charge in [0.2, 0.25) is 23.6 Å². The summed E-state index contributed by atoms with van der Waals surface area (Å²) in [5.74, 6) is 0.957. The molecule has 0 atom stereocenters. The quantitative estimate of drug-likeness (QED) is 0.0431. The van der Waals surface area contributed by atoms with Gasteiger partial charge in [0.25, 0.3) is 0 Å². The topological polar surface area (TPSA) is 164 Å². The number of carbonyl (C=O) groups is 6. The van der Waals surface area contributed by atoms with E-state index >= 15 is 0 Å². The maximum atomic E-state index is 13.8. The number of rotatable bonds is 96. The lowest BCUT2D eigenvalue weighted by atomic mass is 10.0. The average Bonchev–Trinajstić information content (AvgIpc) is 0.974. The number of ketones is 2. The third-order valence-electron chi connectivity index (χ3n) is 24.0. The Hall–Kier alpha value is -2.94. The van der Waals surface area contributed by atoms with E-state index in [1.54, 1.807) is 0 Å². The summed E-state index contributed by atoms with van der Waals surface area (Å²) in [7, 11) is 0. The second-order valence-corrected chi connectivity index (χ2v) is 35.0. The third-order valence-corrected chi connectivity index (χ3v) is 24.0. The Morgan fingerprint density at radius 2 is 0.301 bits per heavy atom. The molecule has 0 saturated heterocycles. The fourth-order valence-corrected chi connectivity index (χ4v) is 16.0. The lowest BCUT2D eigenvalue weighted by Crippen LogP contribution is -2.42. The van der Waals surface area contributed by atoms with E-state index in [9.17, 15) is 28.8 Å². The summed E-state index contributed by atoms with van der Waals surface area (Å²) in [6.45, 7) is 24.4. The van der Waals surface area contributed by atoms with Crippen LogP contribution in [0.15, 0.2) is 0 Å². The first-order valence-electron chi connectivity index (χ1n) is 50.5. The molecule has 0 rings (SSSR count). The molecular weight excluding hydrogens is 1400 g/mol. The Balaban J connectivity index is 6.69. The van der Waals surface area contributed by atoms with Crippen LogP contribution in [0.2, 0.25) is 0 Å². The first-order chi connectivity index (χ1) is 55.5. The van der Waals surface area contributed by atoms with Crippen LogP contribution in [0.5, 0.6) is 0 Å². The maximum absolute atomic E-state index is 13.8. The highest BCUT2D eigenvalue weighted by molar-refractivity contribution is 5.79. The number of carbonyl (C=O) groups excluding carboxylic acids is 6. The molecule has 14 nitrogen and oxygen atoms in total. The molecule has 0 bridgehead atoms. The molecule has 14 heteroatoms. The summed E-state index contributed by atoms with van der Waals surface area (Å²) in [5.41, 5.74) is 0. The van der Waals surface area contributed by atoms with Crippen LogP contribution >= 0.6 is 0 Å². The van der Waals surface area contributed by atoms with Crippen molar-refractivity contribution in [2.24, 2.45) is 0 Å². The molecule has 4 amide bonds. The minimum atomic E-state index is 0.0781. The Kier molecular flexibility index (Phi) is 89.0. The first-order valence-corrected chi connectivity index (χ1v) is 50.5. The molecule has 668 valence electrons. The molecule has 0 aromatic carbocycles. The second-order valence-electron chi connectivity index (χ2n) is 35.0. The van der Waals surface area contributed by atoms with Crippen LogP contribution in [-0.4, -0.2) is 160 Å². The van der Waals surface area contributed by atoms with Gasteiger partial charge in [-0.15, -0.1) is 0 Å². The third kappa shape index (κ3) is 85.3. The van der Waals surface area contributed by atoms with Gasteiger partial charge < -0.3 is 40.9 Å². The van der Waals surface area contributed by atoms with Crippen molar-refractivity contribution >= 4 is 35.2 Å². The number of hydrogen-bond acceptors (Lipinski definition) is 10. The van der Waals surface area contributed by atoms with Gasteiger partial charge in [-0.1, -0.05) is 401 Å². The average molecular weight is 1590 g/mol. The number of nitrogens with one attached hydrogen (secondary N) is 4. The van der Waals surface area contributed by atoms with Crippen LogP contribution < -0.4 is 21.3 Å². The summed E-state index contributed by atoms with van der Waals surface area (Å²) in [6.07, 6.45) is 82.6. The Bertz CT molecular complexity index is 1810. The predicted octanol–water partition coefficient (Wildman–Crippen LogP) is 25.6. The van der Waals surface area contributed by atoms with Crippen molar-refractivity contribution in [1.82, 2.24) is 40.9 Å². The van der Waals surface area contributed by atoms with Gasteiger partial charge in [0.1, 0.15) is 11.6 Å². The van der Waals surface area contributed by atoms with E-state index in [1.165, 1.54) is 321 Å². The lowest BCUT2D eigenvalue weighted by Gasteiger charge is -2.30. The largest absolute Gasteiger partial charge is 0.356 e. The van der Waals surface area contributed by atoms with Crippen LogP contribution in [-0.2, 0) is 28.8 Å². The molecule has 4 N–H and O–H groups in total. The minimum Gasteiger partial charge on any atom is -0.356 e. The monoisotopic (exact) mass is 1590 g/mol. The molecule has 0 aliphatic carbocycles. The minimum absolute atomic E-state index is 0.0781. The molecule has 0 aromatic heterocycles.